The SMILES string of the molecule is O=[N+]([O-])c1[nH]c(Cc2cn[nH]n2)nc1C[c-]1cccc1.[Fe+2].c1cc[cH-]c1. The molecule has 0 radical (unpaired) electrons. The van der Waals surface area contributed by atoms with E-state index in [9.17, 15) is 10.1 Å². The second-order valence-corrected chi connectivity index (χ2v) is 5.31. The van der Waals surface area contributed by atoms with Crippen LogP contribution in [0.1, 0.15) is 22.8 Å². The predicted octanol–water partition coefficient (Wildman–Crippen LogP) is 2.74. The minimum atomic E-state index is -0.447. The molecule has 134 valence electrons. The van der Waals surface area contributed by atoms with Crippen LogP contribution in [-0.2, 0) is 29.9 Å². The first-order chi connectivity index (χ1) is 12.2. The molecule has 4 aromatic rings. The van der Waals surface area contributed by atoms with Gasteiger partial charge in [0.1, 0.15) is 5.69 Å². The van der Waals surface area contributed by atoms with E-state index >= 15 is 0 Å². The Kier molecular flexibility index (Phi) is 7.01. The number of hydrogen-bond donors (Lipinski definition) is 2. The molecule has 26 heavy (non-hydrogen) atoms. The average Bonchev–Trinajstić information content (AvgIpc) is 3.39. The summed E-state index contributed by atoms with van der Waals surface area (Å²) in [7, 11) is 0. The van der Waals surface area contributed by atoms with Crippen molar-refractivity contribution in [2.24, 2.45) is 0 Å². The van der Waals surface area contributed by atoms with Gasteiger partial charge in [0.05, 0.1) is 18.3 Å². The number of imidazole rings is 1. The van der Waals surface area contributed by atoms with Gasteiger partial charge in [0.25, 0.3) is 0 Å². The molecule has 0 aliphatic carbocycles. The predicted molar refractivity (Wildman–Crippen MR) is 91.3 cm³/mol. The van der Waals surface area contributed by atoms with Crippen LogP contribution < -0.4 is 0 Å². The van der Waals surface area contributed by atoms with E-state index in [-0.39, 0.29) is 22.9 Å². The Balaban J connectivity index is 0.000000351. The molecule has 0 saturated carbocycles. The van der Waals surface area contributed by atoms with Crippen molar-refractivity contribution in [3.8, 4) is 0 Å². The van der Waals surface area contributed by atoms with E-state index in [0.717, 1.165) is 5.56 Å². The molecule has 0 spiro atoms. The number of rotatable bonds is 5. The van der Waals surface area contributed by atoms with E-state index < -0.39 is 4.92 Å². The van der Waals surface area contributed by atoms with Crippen molar-refractivity contribution in [2.45, 2.75) is 12.8 Å². The van der Waals surface area contributed by atoms with E-state index in [0.29, 0.717) is 30.1 Å². The summed E-state index contributed by atoms with van der Waals surface area (Å²) in [6.07, 6.45) is 2.36. The number of nitrogens with one attached hydrogen (secondary N) is 2. The Labute approximate surface area is 160 Å². The van der Waals surface area contributed by atoms with Gasteiger partial charge in [-0.15, -0.1) is 0 Å². The maximum absolute atomic E-state index is 11.1. The molecular weight excluding hydrogens is 376 g/mol. The van der Waals surface area contributed by atoms with Crippen LogP contribution in [0.4, 0.5) is 5.82 Å². The van der Waals surface area contributed by atoms with Crippen molar-refractivity contribution in [1.29, 1.82) is 0 Å². The summed E-state index contributed by atoms with van der Waals surface area (Å²) >= 11 is 0. The molecule has 0 saturated heterocycles. The Morgan fingerprint density at radius 2 is 1.92 bits per heavy atom. The van der Waals surface area contributed by atoms with Crippen molar-refractivity contribution in [3.05, 3.63) is 93.7 Å². The van der Waals surface area contributed by atoms with Gasteiger partial charge in [0.2, 0.25) is 5.82 Å². The smallest absolute Gasteiger partial charge is 0.358 e. The van der Waals surface area contributed by atoms with Crippen LogP contribution in [-0.4, -0.2) is 30.3 Å². The summed E-state index contributed by atoms with van der Waals surface area (Å²) in [5.41, 5.74) is 2.10. The zero-order valence-electron chi connectivity index (χ0n) is 13.6. The maximum Gasteiger partial charge on any atom is 2.00 e. The molecule has 0 bridgehead atoms. The first-order valence-electron chi connectivity index (χ1n) is 7.66. The molecule has 0 fully saturated rings. The molecule has 0 amide bonds. The molecule has 2 aromatic heterocycles. The van der Waals surface area contributed by atoms with Gasteiger partial charge in [-0.05, 0) is 11.3 Å². The van der Waals surface area contributed by atoms with Gasteiger partial charge in [-0.1, -0.05) is 0 Å². The molecule has 0 unspecified atom stereocenters. The zero-order chi connectivity index (χ0) is 17.5. The molecule has 2 heterocycles. The fourth-order valence-electron chi connectivity index (χ4n) is 2.34. The summed E-state index contributed by atoms with van der Waals surface area (Å²) < 4.78 is 0. The standard InChI is InChI=1S/C12H11N6O2.C5H5.Fe/c19-18(20)12-10(5-8-3-1-2-4-8)14-11(15-12)6-9-7-13-17-16-9;1-2-4-5-3-1;/h1-4,7H,5-6H2,(H,14,15)(H,13,16,17);1-5H;/q2*-1;+2. The summed E-state index contributed by atoms with van der Waals surface area (Å²) in [5, 5.41) is 21.2. The number of hydrogen-bond acceptors (Lipinski definition) is 5. The number of nitro groups is 1. The van der Waals surface area contributed by atoms with Crippen molar-refractivity contribution in [1.82, 2.24) is 25.4 Å². The molecule has 2 N–H and O–H groups in total. The van der Waals surface area contributed by atoms with Crippen LogP contribution in [0.5, 0.6) is 0 Å². The number of aromatic amines is 2. The van der Waals surface area contributed by atoms with Crippen LogP contribution in [0.25, 0.3) is 0 Å². The van der Waals surface area contributed by atoms with Crippen LogP contribution in [0.2, 0.25) is 0 Å². The van der Waals surface area contributed by atoms with E-state index in [1.54, 1.807) is 6.20 Å². The minimum Gasteiger partial charge on any atom is -0.358 e. The molecule has 2 aromatic carbocycles. The van der Waals surface area contributed by atoms with Gasteiger partial charge in [-0.3, -0.25) is 0 Å². The quantitative estimate of drug-likeness (QED) is 0.235. The minimum absolute atomic E-state index is 0. The summed E-state index contributed by atoms with van der Waals surface area (Å²) in [6.45, 7) is 0. The molecule has 0 atom stereocenters. The molecule has 9 heteroatoms. The summed E-state index contributed by atoms with van der Waals surface area (Å²) in [5.74, 6) is 0.442. The monoisotopic (exact) mass is 392 g/mol. The van der Waals surface area contributed by atoms with E-state index in [1.807, 2.05) is 54.6 Å². The Bertz CT molecular complexity index is 865. The van der Waals surface area contributed by atoms with E-state index in [2.05, 4.69) is 25.4 Å². The van der Waals surface area contributed by atoms with Gasteiger partial charge in [-0.25, -0.2) is 34.2 Å². The van der Waals surface area contributed by atoms with E-state index in [1.165, 1.54) is 0 Å². The van der Waals surface area contributed by atoms with Crippen molar-refractivity contribution in [3.63, 3.8) is 0 Å². The summed E-state index contributed by atoms with van der Waals surface area (Å²) in [6, 6.07) is 17.6. The third-order valence-electron chi connectivity index (χ3n) is 3.46. The second kappa shape index (κ2) is 9.45. The molecular formula is C17H16FeN6O2. The van der Waals surface area contributed by atoms with E-state index in [4.69, 9.17) is 0 Å². The van der Waals surface area contributed by atoms with Crippen molar-refractivity contribution < 1.29 is 22.0 Å². The Hall–Kier alpha value is -3.03. The molecule has 0 aliphatic heterocycles. The third kappa shape index (κ3) is 5.23. The van der Waals surface area contributed by atoms with Gasteiger partial charge < -0.3 is 10.1 Å². The van der Waals surface area contributed by atoms with Gasteiger partial charge in [0.15, 0.2) is 0 Å². The van der Waals surface area contributed by atoms with Crippen LogP contribution >= 0.6 is 0 Å². The summed E-state index contributed by atoms with van der Waals surface area (Å²) in [4.78, 5) is 17.7. The number of aromatic nitrogens is 5. The van der Waals surface area contributed by atoms with Gasteiger partial charge >= 0.3 is 22.9 Å². The van der Waals surface area contributed by atoms with Crippen LogP contribution in [0, 0.1) is 10.1 Å². The van der Waals surface area contributed by atoms with Crippen LogP contribution in [0.3, 0.4) is 0 Å². The topological polar surface area (TPSA) is 113 Å². The molecule has 8 nitrogen and oxygen atoms in total. The average molecular weight is 392 g/mol. The zero-order valence-corrected chi connectivity index (χ0v) is 14.8. The molecule has 0 aliphatic rings. The first kappa shape index (κ1) is 19.3. The van der Waals surface area contributed by atoms with Gasteiger partial charge in [0, 0.05) is 0 Å². The van der Waals surface area contributed by atoms with Crippen LogP contribution in [0.15, 0.2) is 60.8 Å². The number of H-pyrrole nitrogens is 2. The largest absolute Gasteiger partial charge is 2.00 e. The fourth-order valence-corrected chi connectivity index (χ4v) is 2.34. The second-order valence-electron chi connectivity index (χ2n) is 5.31. The fraction of sp³-hybridized carbons (Fsp3) is 0.118. The third-order valence-corrected chi connectivity index (χ3v) is 3.46. The Morgan fingerprint density at radius 1 is 1.19 bits per heavy atom. The first-order valence-corrected chi connectivity index (χ1v) is 7.66. The van der Waals surface area contributed by atoms with Crippen molar-refractivity contribution >= 4 is 5.82 Å². The van der Waals surface area contributed by atoms with Crippen molar-refractivity contribution in [2.75, 3.05) is 0 Å². The Morgan fingerprint density at radius 3 is 2.46 bits per heavy atom. The normalized spacial score (nSPS) is 9.85. The molecule has 4 rings (SSSR count). The maximum atomic E-state index is 11.1. The van der Waals surface area contributed by atoms with Gasteiger partial charge in [-0.2, -0.15) is 51.3 Å². The number of nitrogens with zero attached hydrogens (tertiary/aromatic N) is 4.